The summed E-state index contributed by atoms with van der Waals surface area (Å²) in [6.07, 6.45) is 11.1. The lowest BCUT2D eigenvalue weighted by atomic mass is 9.94. The molecule has 8 heteroatoms. The summed E-state index contributed by atoms with van der Waals surface area (Å²) in [5.74, 6) is 1.28. The van der Waals surface area contributed by atoms with E-state index in [1.54, 1.807) is 21.6 Å². The molecule has 3 fully saturated rings. The highest BCUT2D eigenvalue weighted by atomic mass is 32.2. The second-order valence-corrected chi connectivity index (χ2v) is 11.2. The number of thioether (sulfide) groups is 1. The third-order valence-corrected chi connectivity index (χ3v) is 8.52. The van der Waals surface area contributed by atoms with E-state index in [1.807, 2.05) is 19.1 Å². The van der Waals surface area contributed by atoms with E-state index in [1.165, 1.54) is 18.2 Å². The molecule has 1 aliphatic carbocycles. The Hall–Kier alpha value is -2.19. The minimum absolute atomic E-state index is 0.0659. The molecule has 0 atom stereocenters. The van der Waals surface area contributed by atoms with E-state index < -0.39 is 0 Å². The number of aryl methyl sites for hydroxylation is 1. The number of fused-ring (bicyclic) bond motifs is 1. The number of nitrogens with zero attached hydrogens (tertiary/aromatic N) is 4. The van der Waals surface area contributed by atoms with Gasteiger partial charge in [-0.25, -0.2) is 4.98 Å². The van der Waals surface area contributed by atoms with Gasteiger partial charge < -0.3 is 4.90 Å². The van der Waals surface area contributed by atoms with Gasteiger partial charge in [-0.05, 0) is 56.2 Å². The molecule has 3 aliphatic rings. The van der Waals surface area contributed by atoms with Gasteiger partial charge >= 0.3 is 0 Å². The molecule has 0 N–H and O–H groups in total. The smallest absolute Gasteiger partial charge is 0.267 e. The van der Waals surface area contributed by atoms with E-state index in [4.69, 9.17) is 17.2 Å². The van der Waals surface area contributed by atoms with Gasteiger partial charge in [-0.15, -0.1) is 0 Å². The minimum atomic E-state index is -0.139. The Morgan fingerprint density at radius 1 is 1.12 bits per heavy atom. The highest BCUT2D eigenvalue weighted by molar-refractivity contribution is 8.26. The summed E-state index contributed by atoms with van der Waals surface area (Å²) in [6, 6.07) is 4.01. The fourth-order valence-corrected chi connectivity index (χ4v) is 6.54. The summed E-state index contributed by atoms with van der Waals surface area (Å²) < 4.78 is 2.20. The van der Waals surface area contributed by atoms with Crippen LogP contribution in [0.5, 0.6) is 0 Å². The molecular formula is C25H30N4O2S2. The second kappa shape index (κ2) is 9.22. The number of hydrogen-bond donors (Lipinski definition) is 0. The number of thiocarbonyl (C=S) groups is 1. The third kappa shape index (κ3) is 4.23. The highest BCUT2D eigenvalue weighted by Crippen LogP contribution is 2.38. The van der Waals surface area contributed by atoms with Gasteiger partial charge in [-0.1, -0.05) is 56.2 Å². The van der Waals surface area contributed by atoms with Crippen LogP contribution in [0.4, 0.5) is 5.82 Å². The van der Waals surface area contributed by atoms with Crippen molar-refractivity contribution in [3.05, 3.63) is 44.7 Å². The predicted octanol–water partition coefficient (Wildman–Crippen LogP) is 4.77. The Morgan fingerprint density at radius 3 is 2.58 bits per heavy atom. The number of anilines is 1. The van der Waals surface area contributed by atoms with Gasteiger partial charge in [0, 0.05) is 25.3 Å². The van der Waals surface area contributed by atoms with Gasteiger partial charge in [0.15, 0.2) is 0 Å². The SMILES string of the molecule is Cc1cccn2c(=O)c(C=C3SC(=S)N(C4CCCCC4)C3=O)c(N3CCC(C)CC3)nc12. The molecular weight excluding hydrogens is 452 g/mol. The lowest BCUT2D eigenvalue weighted by Crippen LogP contribution is -2.39. The van der Waals surface area contributed by atoms with Crippen molar-refractivity contribution < 1.29 is 4.79 Å². The van der Waals surface area contributed by atoms with Crippen molar-refractivity contribution >= 4 is 51.7 Å². The first kappa shape index (κ1) is 22.6. The Bertz CT molecular complexity index is 1190. The highest BCUT2D eigenvalue weighted by Gasteiger charge is 2.38. The van der Waals surface area contributed by atoms with Gasteiger partial charge in [0.2, 0.25) is 0 Å². The van der Waals surface area contributed by atoms with Gasteiger partial charge in [-0.3, -0.25) is 18.9 Å². The fourth-order valence-electron chi connectivity index (χ4n) is 5.15. The molecule has 1 saturated carbocycles. The van der Waals surface area contributed by atoms with E-state index in [-0.39, 0.29) is 17.5 Å². The molecule has 33 heavy (non-hydrogen) atoms. The van der Waals surface area contributed by atoms with Crippen LogP contribution in [-0.2, 0) is 4.79 Å². The molecule has 0 aromatic carbocycles. The van der Waals surface area contributed by atoms with Crippen LogP contribution < -0.4 is 10.5 Å². The molecule has 0 unspecified atom stereocenters. The van der Waals surface area contributed by atoms with Crippen molar-refractivity contribution in [2.75, 3.05) is 18.0 Å². The average molecular weight is 483 g/mol. The van der Waals surface area contributed by atoms with Crippen molar-refractivity contribution in [1.82, 2.24) is 14.3 Å². The molecule has 0 bridgehead atoms. The van der Waals surface area contributed by atoms with Crippen LogP contribution >= 0.6 is 24.0 Å². The Morgan fingerprint density at radius 2 is 1.85 bits per heavy atom. The summed E-state index contributed by atoms with van der Waals surface area (Å²) in [7, 11) is 0. The van der Waals surface area contributed by atoms with Gasteiger partial charge in [0.1, 0.15) is 15.8 Å². The first-order valence-corrected chi connectivity index (χ1v) is 13.2. The van der Waals surface area contributed by atoms with Crippen LogP contribution in [-0.4, -0.2) is 43.6 Å². The Kier molecular flexibility index (Phi) is 6.31. The number of piperidine rings is 1. The second-order valence-electron chi connectivity index (χ2n) is 9.55. The summed E-state index contributed by atoms with van der Waals surface area (Å²) in [4.78, 5) is 36.5. The lowest BCUT2D eigenvalue weighted by Gasteiger charge is -2.32. The van der Waals surface area contributed by atoms with E-state index in [0.717, 1.165) is 57.2 Å². The van der Waals surface area contributed by atoms with Crippen LogP contribution in [0.15, 0.2) is 28.0 Å². The van der Waals surface area contributed by atoms with E-state index in [9.17, 15) is 9.59 Å². The van der Waals surface area contributed by atoms with Crippen LogP contribution in [0.25, 0.3) is 11.7 Å². The van der Waals surface area contributed by atoms with E-state index in [0.29, 0.717) is 32.2 Å². The standard InChI is InChI=1S/C25H30N4O2S2/c1-16-10-13-27(14-11-16)22-19(23(30)28-12-6-7-17(2)21(28)26-22)15-20-24(31)29(25(32)33-20)18-8-4-3-5-9-18/h6-7,12,15-16,18H,3-5,8-11,13-14H2,1-2H3. The maximum Gasteiger partial charge on any atom is 0.267 e. The number of carbonyl (C=O) groups excluding carboxylic acids is 1. The van der Waals surface area contributed by atoms with Crippen LogP contribution in [0.3, 0.4) is 0 Å². The summed E-state index contributed by atoms with van der Waals surface area (Å²) >= 11 is 6.93. The average Bonchev–Trinajstić information content (AvgIpc) is 3.10. The first-order valence-electron chi connectivity index (χ1n) is 12.0. The number of hydrogen-bond acceptors (Lipinski definition) is 6. The van der Waals surface area contributed by atoms with Crippen molar-refractivity contribution in [3.63, 3.8) is 0 Å². The maximum atomic E-state index is 13.7. The van der Waals surface area contributed by atoms with Crippen molar-refractivity contribution in [1.29, 1.82) is 0 Å². The third-order valence-electron chi connectivity index (χ3n) is 7.19. The molecule has 6 nitrogen and oxygen atoms in total. The van der Waals surface area contributed by atoms with Gasteiger partial charge in [0.25, 0.3) is 11.5 Å². The van der Waals surface area contributed by atoms with Crippen molar-refractivity contribution in [2.24, 2.45) is 5.92 Å². The Labute approximate surface area is 204 Å². The normalized spacial score (nSPS) is 22.2. The lowest BCUT2D eigenvalue weighted by molar-refractivity contribution is -0.124. The molecule has 2 saturated heterocycles. The molecule has 2 aromatic rings. The monoisotopic (exact) mass is 482 g/mol. The Balaban J connectivity index is 1.59. The molecule has 0 radical (unpaired) electrons. The van der Waals surface area contributed by atoms with E-state index >= 15 is 0 Å². The molecule has 1 amide bonds. The summed E-state index contributed by atoms with van der Waals surface area (Å²) in [5.41, 5.74) is 1.97. The van der Waals surface area contributed by atoms with Crippen molar-refractivity contribution in [3.8, 4) is 0 Å². The number of carbonyl (C=O) groups is 1. The van der Waals surface area contributed by atoms with Crippen molar-refractivity contribution in [2.45, 2.75) is 64.8 Å². The molecule has 2 aromatic heterocycles. The quantitative estimate of drug-likeness (QED) is 0.464. The van der Waals surface area contributed by atoms with Crippen LogP contribution in [0.1, 0.15) is 63.0 Å². The molecule has 2 aliphatic heterocycles. The summed E-state index contributed by atoms with van der Waals surface area (Å²) in [6.45, 7) is 5.96. The molecule has 174 valence electrons. The number of amides is 1. The maximum absolute atomic E-state index is 13.7. The molecule has 4 heterocycles. The molecule has 5 rings (SSSR count). The summed E-state index contributed by atoms with van der Waals surface area (Å²) in [5, 5.41) is 0. The zero-order valence-corrected chi connectivity index (χ0v) is 20.9. The largest absolute Gasteiger partial charge is 0.356 e. The zero-order chi connectivity index (χ0) is 23.1. The zero-order valence-electron chi connectivity index (χ0n) is 19.2. The number of rotatable bonds is 3. The van der Waals surface area contributed by atoms with Crippen LogP contribution in [0.2, 0.25) is 0 Å². The van der Waals surface area contributed by atoms with Gasteiger partial charge in [-0.2, -0.15) is 0 Å². The topological polar surface area (TPSA) is 57.9 Å². The van der Waals surface area contributed by atoms with Crippen LogP contribution in [0, 0.1) is 12.8 Å². The van der Waals surface area contributed by atoms with Gasteiger partial charge in [0.05, 0.1) is 10.5 Å². The first-order chi connectivity index (χ1) is 15.9. The minimum Gasteiger partial charge on any atom is -0.356 e. The predicted molar refractivity (Wildman–Crippen MR) is 139 cm³/mol. The fraction of sp³-hybridized carbons (Fsp3) is 0.520. The molecule has 0 spiro atoms. The van der Waals surface area contributed by atoms with E-state index in [2.05, 4.69) is 11.8 Å². The number of pyridine rings is 1. The number of aromatic nitrogens is 2.